The molecule has 0 unspecified atom stereocenters. The van der Waals surface area contributed by atoms with Crippen molar-refractivity contribution in [2.75, 3.05) is 26.2 Å². The molecule has 2 aromatic carbocycles. The number of rotatable bonds is 10. The smallest absolute Gasteiger partial charge is 0.124 e. The Balaban J connectivity index is 0.00000288. The molecule has 7 heteroatoms. The van der Waals surface area contributed by atoms with E-state index in [-0.39, 0.29) is 31.4 Å². The maximum atomic E-state index is 8.70. The van der Waals surface area contributed by atoms with Gasteiger partial charge in [0.2, 0.25) is 0 Å². The largest absolute Gasteiger partial charge is 0.489 e. The Morgan fingerprint density at radius 1 is 0.840 bits per heavy atom. The second kappa shape index (κ2) is 14.2. The molecule has 3 N–H and O–H groups in total. The number of nitrogens with one attached hydrogen (secondary N) is 2. The van der Waals surface area contributed by atoms with Crippen LogP contribution in [0.25, 0.3) is 0 Å². The first-order valence-corrected chi connectivity index (χ1v) is 8.15. The molecule has 0 aliphatic carbocycles. The Kier molecular flexibility index (Phi) is 13.6. The lowest BCUT2D eigenvalue weighted by atomic mass is 10.2. The van der Waals surface area contributed by atoms with Crippen molar-refractivity contribution in [1.82, 2.24) is 10.6 Å². The van der Waals surface area contributed by atoms with Crippen LogP contribution in [-0.2, 0) is 13.2 Å². The SMILES string of the molecule is Cl.Cl.OCCNCCNCc1ccccc1OCc1ccccc1Cl. The van der Waals surface area contributed by atoms with E-state index < -0.39 is 0 Å². The Labute approximate surface area is 166 Å². The van der Waals surface area contributed by atoms with Crippen molar-refractivity contribution in [3.63, 3.8) is 0 Å². The van der Waals surface area contributed by atoms with Crippen molar-refractivity contribution in [2.24, 2.45) is 0 Å². The minimum absolute atomic E-state index is 0. The van der Waals surface area contributed by atoms with Gasteiger partial charge in [0.15, 0.2) is 0 Å². The zero-order valence-corrected chi connectivity index (χ0v) is 16.3. The highest BCUT2D eigenvalue weighted by Crippen LogP contribution is 2.21. The number of halogens is 3. The molecule has 0 aliphatic rings. The van der Waals surface area contributed by atoms with Gasteiger partial charge >= 0.3 is 0 Å². The lowest BCUT2D eigenvalue weighted by molar-refractivity contribution is 0.292. The third-order valence-corrected chi connectivity index (χ3v) is 3.76. The summed E-state index contributed by atoms with van der Waals surface area (Å²) in [5.41, 5.74) is 2.09. The summed E-state index contributed by atoms with van der Waals surface area (Å²) in [5, 5.41) is 15.9. The lowest BCUT2D eigenvalue weighted by Crippen LogP contribution is -2.28. The van der Waals surface area contributed by atoms with Gasteiger partial charge in [0, 0.05) is 42.3 Å². The summed E-state index contributed by atoms with van der Waals surface area (Å²) in [7, 11) is 0. The van der Waals surface area contributed by atoms with Gasteiger partial charge in [-0.25, -0.2) is 0 Å². The Hall–Kier alpha value is -1.01. The van der Waals surface area contributed by atoms with E-state index in [0.29, 0.717) is 13.2 Å². The summed E-state index contributed by atoms with van der Waals surface area (Å²) < 4.78 is 5.93. The van der Waals surface area contributed by atoms with E-state index in [1.807, 2.05) is 42.5 Å². The number of benzene rings is 2. The summed E-state index contributed by atoms with van der Waals surface area (Å²) >= 11 is 6.16. The van der Waals surface area contributed by atoms with Gasteiger partial charge < -0.3 is 20.5 Å². The summed E-state index contributed by atoms with van der Waals surface area (Å²) in [6.45, 7) is 3.63. The standard InChI is InChI=1S/C18H23ClN2O2.2ClH/c19-17-7-3-1-6-16(17)14-23-18-8-4-2-5-15(18)13-21-10-9-20-11-12-22;;/h1-8,20-22H,9-14H2;2*1H. The van der Waals surface area contributed by atoms with Crippen LogP contribution in [0.2, 0.25) is 5.02 Å². The van der Waals surface area contributed by atoms with Gasteiger partial charge in [-0.05, 0) is 12.1 Å². The van der Waals surface area contributed by atoms with E-state index in [2.05, 4.69) is 16.7 Å². The third-order valence-electron chi connectivity index (χ3n) is 3.40. The van der Waals surface area contributed by atoms with Crippen LogP contribution < -0.4 is 15.4 Å². The fourth-order valence-electron chi connectivity index (χ4n) is 2.17. The molecule has 0 amide bonds. The maximum absolute atomic E-state index is 8.70. The van der Waals surface area contributed by atoms with E-state index in [1.54, 1.807) is 0 Å². The molecule has 0 fully saturated rings. The van der Waals surface area contributed by atoms with Gasteiger partial charge in [0.1, 0.15) is 12.4 Å². The normalized spacial score (nSPS) is 9.84. The van der Waals surface area contributed by atoms with Crippen molar-refractivity contribution in [3.05, 3.63) is 64.7 Å². The van der Waals surface area contributed by atoms with Crippen LogP contribution in [0, 0.1) is 0 Å². The van der Waals surface area contributed by atoms with Crippen LogP contribution in [-0.4, -0.2) is 31.3 Å². The molecule has 4 nitrogen and oxygen atoms in total. The monoisotopic (exact) mass is 406 g/mol. The fourth-order valence-corrected chi connectivity index (χ4v) is 2.36. The molecule has 0 aromatic heterocycles. The van der Waals surface area contributed by atoms with Gasteiger partial charge in [0.25, 0.3) is 0 Å². The summed E-state index contributed by atoms with van der Waals surface area (Å²) in [4.78, 5) is 0. The number of para-hydroxylation sites is 1. The predicted octanol–water partition coefficient (Wildman–Crippen LogP) is 3.43. The molecular weight excluding hydrogens is 383 g/mol. The molecule has 2 aromatic rings. The second-order valence-corrected chi connectivity index (χ2v) is 5.55. The van der Waals surface area contributed by atoms with Gasteiger partial charge in [0.05, 0.1) is 6.61 Å². The lowest BCUT2D eigenvalue weighted by Gasteiger charge is -2.13. The first-order valence-electron chi connectivity index (χ1n) is 7.77. The topological polar surface area (TPSA) is 53.5 Å². The first-order chi connectivity index (χ1) is 11.3. The molecule has 2 rings (SSSR count). The molecule has 0 aliphatic heterocycles. The van der Waals surface area contributed by atoms with Crippen molar-refractivity contribution >= 4 is 36.4 Å². The van der Waals surface area contributed by atoms with Gasteiger partial charge in [-0.2, -0.15) is 0 Å². The molecule has 0 saturated carbocycles. The van der Waals surface area contributed by atoms with E-state index >= 15 is 0 Å². The van der Waals surface area contributed by atoms with Crippen LogP contribution >= 0.6 is 36.4 Å². The summed E-state index contributed by atoms with van der Waals surface area (Å²) in [6.07, 6.45) is 0. The van der Waals surface area contributed by atoms with E-state index in [4.69, 9.17) is 21.4 Å². The van der Waals surface area contributed by atoms with Crippen molar-refractivity contribution in [2.45, 2.75) is 13.2 Å². The minimum Gasteiger partial charge on any atom is -0.489 e. The highest BCUT2D eigenvalue weighted by atomic mass is 35.5. The zero-order valence-electron chi connectivity index (χ0n) is 13.9. The van der Waals surface area contributed by atoms with Crippen LogP contribution in [0.4, 0.5) is 0 Å². The maximum Gasteiger partial charge on any atom is 0.124 e. The highest BCUT2D eigenvalue weighted by Gasteiger charge is 2.05. The van der Waals surface area contributed by atoms with E-state index in [9.17, 15) is 0 Å². The van der Waals surface area contributed by atoms with E-state index in [0.717, 1.165) is 41.5 Å². The molecule has 0 heterocycles. The molecule has 0 spiro atoms. The number of hydrogen-bond donors (Lipinski definition) is 3. The van der Waals surface area contributed by atoms with Crippen molar-refractivity contribution in [1.29, 1.82) is 0 Å². The third kappa shape index (κ3) is 8.77. The van der Waals surface area contributed by atoms with Crippen molar-refractivity contribution < 1.29 is 9.84 Å². The Morgan fingerprint density at radius 2 is 1.48 bits per heavy atom. The molecule has 25 heavy (non-hydrogen) atoms. The molecule has 140 valence electrons. The predicted molar refractivity (Wildman–Crippen MR) is 108 cm³/mol. The van der Waals surface area contributed by atoms with Crippen molar-refractivity contribution in [3.8, 4) is 5.75 Å². The molecule has 0 radical (unpaired) electrons. The number of aliphatic hydroxyl groups excluding tert-OH is 1. The van der Waals surface area contributed by atoms with Gasteiger partial charge in [-0.1, -0.05) is 48.0 Å². The number of ether oxygens (including phenoxy) is 1. The summed E-state index contributed by atoms with van der Waals surface area (Å²) in [5.74, 6) is 0.864. The number of aliphatic hydroxyl groups is 1. The van der Waals surface area contributed by atoms with Gasteiger partial charge in [-0.15, -0.1) is 24.8 Å². The quantitative estimate of drug-likeness (QED) is 0.528. The molecule has 0 atom stereocenters. The molecular formula is C18H25Cl3N2O2. The van der Waals surface area contributed by atoms with E-state index in [1.165, 1.54) is 0 Å². The van der Waals surface area contributed by atoms with Crippen LogP contribution in [0.1, 0.15) is 11.1 Å². The minimum atomic E-state index is 0. The number of hydrogen-bond acceptors (Lipinski definition) is 4. The van der Waals surface area contributed by atoms with Crippen LogP contribution in [0.5, 0.6) is 5.75 Å². The second-order valence-electron chi connectivity index (χ2n) is 5.14. The van der Waals surface area contributed by atoms with Gasteiger partial charge in [-0.3, -0.25) is 0 Å². The van der Waals surface area contributed by atoms with Crippen LogP contribution in [0.15, 0.2) is 48.5 Å². The first kappa shape index (κ1) is 24.0. The Morgan fingerprint density at radius 3 is 2.20 bits per heavy atom. The average Bonchev–Trinajstić information content (AvgIpc) is 2.58. The fraction of sp³-hybridized carbons (Fsp3) is 0.333. The average molecular weight is 408 g/mol. The summed E-state index contributed by atoms with van der Waals surface area (Å²) in [6, 6.07) is 15.7. The molecule has 0 bridgehead atoms. The zero-order chi connectivity index (χ0) is 16.3. The van der Waals surface area contributed by atoms with Crippen LogP contribution in [0.3, 0.4) is 0 Å². The Bertz CT molecular complexity index is 600. The highest BCUT2D eigenvalue weighted by molar-refractivity contribution is 6.31. The molecule has 0 saturated heterocycles.